The van der Waals surface area contributed by atoms with Gasteiger partial charge in [0.15, 0.2) is 0 Å². The van der Waals surface area contributed by atoms with E-state index in [1.807, 2.05) is 27.7 Å². The van der Waals surface area contributed by atoms with Gasteiger partial charge in [-0.05, 0) is 51.4 Å². The second-order valence-corrected chi connectivity index (χ2v) is 13.0. The number of rotatable bonds is 17. The molecule has 2 unspecified atom stereocenters. The van der Waals surface area contributed by atoms with Gasteiger partial charge in [0.2, 0.25) is 11.8 Å². The highest BCUT2D eigenvalue weighted by Crippen LogP contribution is 2.13. The minimum Gasteiger partial charge on any atom is -0.480 e. The third-order valence-corrected chi connectivity index (χ3v) is 6.33. The number of carbonyl (C=O) groups excluding carboxylic acids is 3. The summed E-state index contributed by atoms with van der Waals surface area (Å²) in [5.74, 6) is -2.20. The van der Waals surface area contributed by atoms with Crippen molar-refractivity contribution in [2.24, 2.45) is 17.8 Å². The van der Waals surface area contributed by atoms with E-state index in [4.69, 9.17) is 4.74 Å². The lowest BCUT2D eigenvalue weighted by Crippen LogP contribution is -2.57. The molecule has 0 saturated heterocycles. The molecule has 5 atom stereocenters. The lowest BCUT2D eigenvalue weighted by atomic mass is 9.97. The van der Waals surface area contributed by atoms with Gasteiger partial charge >= 0.3 is 12.1 Å². The molecule has 0 bridgehead atoms. The zero-order valence-electron chi connectivity index (χ0n) is 26.5. The second-order valence-electron chi connectivity index (χ2n) is 13.0. The molecule has 13 nitrogen and oxygen atoms in total. The third kappa shape index (κ3) is 14.1. The molecule has 42 heavy (non-hydrogen) atoms. The van der Waals surface area contributed by atoms with Crippen LogP contribution in [0, 0.1) is 17.8 Å². The van der Waals surface area contributed by atoms with Crippen molar-refractivity contribution in [2.45, 2.75) is 117 Å². The number of carboxylic acids is 1. The Morgan fingerprint density at radius 3 is 2.00 bits per heavy atom. The molecule has 0 aliphatic rings. The zero-order valence-corrected chi connectivity index (χ0v) is 26.5. The number of amides is 3. The SMILES string of the molecule is CC(C)CC(NC(=O)[C@H](Cc1cnc[nH]1)NC(=O)OC(C)(C)C)C(O)CN[C@@H](CC(C)C)C(=O)N[C@@H](C(=O)O)C(C)C. The summed E-state index contributed by atoms with van der Waals surface area (Å²) in [5.41, 5.74) is -0.142. The number of H-pyrrole nitrogens is 1. The van der Waals surface area contributed by atoms with E-state index in [1.54, 1.807) is 40.8 Å². The number of aliphatic carboxylic acids is 1. The first-order valence-corrected chi connectivity index (χ1v) is 14.6. The van der Waals surface area contributed by atoms with Crippen LogP contribution in [0.15, 0.2) is 12.5 Å². The molecule has 0 aromatic carbocycles. The second kappa shape index (κ2) is 17.1. The van der Waals surface area contributed by atoms with E-state index in [0.29, 0.717) is 18.5 Å². The average Bonchev–Trinajstić information content (AvgIpc) is 3.34. The molecule has 1 rings (SSSR count). The van der Waals surface area contributed by atoms with E-state index < -0.39 is 59.7 Å². The zero-order chi connectivity index (χ0) is 32.2. The van der Waals surface area contributed by atoms with Crippen LogP contribution >= 0.6 is 0 Å². The van der Waals surface area contributed by atoms with Crippen molar-refractivity contribution >= 4 is 23.9 Å². The quantitative estimate of drug-likeness (QED) is 0.141. The van der Waals surface area contributed by atoms with Gasteiger partial charge in [0, 0.05) is 24.9 Å². The van der Waals surface area contributed by atoms with Crippen molar-refractivity contribution in [3.05, 3.63) is 18.2 Å². The van der Waals surface area contributed by atoms with Crippen LogP contribution in [0.2, 0.25) is 0 Å². The number of alkyl carbamates (subject to hydrolysis) is 1. The molecule has 0 fully saturated rings. The highest BCUT2D eigenvalue weighted by molar-refractivity contribution is 5.87. The summed E-state index contributed by atoms with van der Waals surface area (Å²) >= 11 is 0. The Bertz CT molecular complexity index is 991. The Balaban J connectivity index is 3.05. The largest absolute Gasteiger partial charge is 0.480 e. The highest BCUT2D eigenvalue weighted by Gasteiger charge is 2.32. The van der Waals surface area contributed by atoms with E-state index in [0.717, 1.165) is 0 Å². The fourth-order valence-corrected chi connectivity index (χ4v) is 4.31. The van der Waals surface area contributed by atoms with Crippen LogP contribution in [-0.4, -0.2) is 86.5 Å². The summed E-state index contributed by atoms with van der Waals surface area (Å²) in [6, 6.07) is -3.52. The van der Waals surface area contributed by atoms with Gasteiger partial charge in [-0.3, -0.25) is 9.59 Å². The maximum absolute atomic E-state index is 13.4. The minimum absolute atomic E-state index is 0.0351. The molecule has 7 N–H and O–H groups in total. The maximum Gasteiger partial charge on any atom is 0.408 e. The fourth-order valence-electron chi connectivity index (χ4n) is 4.31. The monoisotopic (exact) mass is 596 g/mol. The first kappa shape index (κ1) is 36.8. The maximum atomic E-state index is 13.4. The molecule has 13 heteroatoms. The van der Waals surface area contributed by atoms with Gasteiger partial charge < -0.3 is 41.2 Å². The lowest BCUT2D eigenvalue weighted by molar-refractivity contribution is -0.143. The van der Waals surface area contributed by atoms with Crippen LogP contribution in [0.5, 0.6) is 0 Å². The Hall–Kier alpha value is -3.19. The number of ether oxygens (including phenoxy) is 1. The van der Waals surface area contributed by atoms with Gasteiger partial charge in [-0.2, -0.15) is 0 Å². The number of aliphatic hydroxyl groups is 1. The summed E-state index contributed by atoms with van der Waals surface area (Å²) in [7, 11) is 0. The van der Waals surface area contributed by atoms with E-state index in [1.165, 1.54) is 6.33 Å². The van der Waals surface area contributed by atoms with Crippen molar-refractivity contribution in [1.29, 1.82) is 0 Å². The summed E-state index contributed by atoms with van der Waals surface area (Å²) in [6.45, 7) is 16.3. The molecule has 0 spiro atoms. The summed E-state index contributed by atoms with van der Waals surface area (Å²) < 4.78 is 5.34. The van der Waals surface area contributed by atoms with Crippen LogP contribution in [0.3, 0.4) is 0 Å². The summed E-state index contributed by atoms with van der Waals surface area (Å²) in [4.78, 5) is 57.5. The van der Waals surface area contributed by atoms with Gasteiger partial charge in [-0.15, -0.1) is 0 Å². The van der Waals surface area contributed by atoms with Crippen molar-refractivity contribution in [1.82, 2.24) is 31.2 Å². The Kier molecular flexibility index (Phi) is 15.0. The number of carbonyl (C=O) groups is 4. The van der Waals surface area contributed by atoms with E-state index in [-0.39, 0.29) is 30.7 Å². The van der Waals surface area contributed by atoms with Crippen molar-refractivity contribution in [3.8, 4) is 0 Å². The van der Waals surface area contributed by atoms with Crippen molar-refractivity contribution < 1.29 is 34.1 Å². The molecular weight excluding hydrogens is 544 g/mol. The summed E-state index contributed by atoms with van der Waals surface area (Å²) in [6.07, 6.45) is 2.13. The molecule has 1 aromatic rings. The molecular formula is C29H52N6O7. The number of aromatic nitrogens is 2. The number of hydrogen-bond acceptors (Lipinski definition) is 8. The topological polar surface area (TPSA) is 195 Å². The van der Waals surface area contributed by atoms with Crippen molar-refractivity contribution in [3.63, 3.8) is 0 Å². The normalized spacial score (nSPS) is 15.5. The third-order valence-electron chi connectivity index (χ3n) is 6.33. The highest BCUT2D eigenvalue weighted by atomic mass is 16.6. The molecule has 240 valence electrons. The van der Waals surface area contributed by atoms with E-state index in [2.05, 4.69) is 31.2 Å². The van der Waals surface area contributed by atoms with Crippen LogP contribution in [-0.2, 0) is 25.5 Å². The number of nitrogens with one attached hydrogen (secondary N) is 5. The number of nitrogens with zero attached hydrogens (tertiary/aromatic N) is 1. The Morgan fingerprint density at radius 2 is 1.52 bits per heavy atom. The molecule has 0 aliphatic carbocycles. The molecule has 0 radical (unpaired) electrons. The number of hydrogen-bond donors (Lipinski definition) is 7. The van der Waals surface area contributed by atoms with Gasteiger partial charge in [-0.25, -0.2) is 14.6 Å². The van der Waals surface area contributed by atoms with Gasteiger partial charge in [0.05, 0.1) is 24.5 Å². The van der Waals surface area contributed by atoms with Crippen LogP contribution < -0.4 is 21.3 Å². The molecule has 0 saturated carbocycles. The summed E-state index contributed by atoms with van der Waals surface area (Å²) in [5, 5.41) is 31.8. The first-order valence-electron chi connectivity index (χ1n) is 14.6. The smallest absolute Gasteiger partial charge is 0.408 e. The predicted molar refractivity (Wildman–Crippen MR) is 158 cm³/mol. The lowest BCUT2D eigenvalue weighted by Gasteiger charge is -2.30. The van der Waals surface area contributed by atoms with Crippen LogP contribution in [0.4, 0.5) is 4.79 Å². The van der Waals surface area contributed by atoms with Gasteiger partial charge in [0.1, 0.15) is 17.7 Å². The van der Waals surface area contributed by atoms with Crippen molar-refractivity contribution in [2.75, 3.05) is 6.54 Å². The van der Waals surface area contributed by atoms with E-state index >= 15 is 0 Å². The first-order chi connectivity index (χ1) is 19.4. The van der Waals surface area contributed by atoms with E-state index in [9.17, 15) is 29.4 Å². The van der Waals surface area contributed by atoms with Crippen LogP contribution in [0.25, 0.3) is 0 Å². The van der Waals surface area contributed by atoms with Gasteiger partial charge in [0.25, 0.3) is 0 Å². The Morgan fingerprint density at radius 1 is 0.929 bits per heavy atom. The number of aromatic amines is 1. The molecule has 1 aromatic heterocycles. The Labute approximate surface area is 249 Å². The molecule has 3 amide bonds. The average molecular weight is 597 g/mol. The fraction of sp³-hybridized carbons (Fsp3) is 0.759. The standard InChI is InChI=1S/C29H52N6O7/c1-16(2)10-20(23(36)14-31-21(11-17(3)4)25(37)35-24(18(5)6)27(39)40)33-26(38)22(12-19-13-30-15-32-19)34-28(41)42-29(7,8)9/h13,15-18,20-24,31,36H,10-12,14H2,1-9H3,(H,30,32)(H,33,38)(H,34,41)(H,35,37)(H,39,40)/t20?,21-,22-,23?,24+/m0/s1. The predicted octanol–water partition coefficient (Wildman–Crippen LogP) is 1.97. The number of aliphatic hydroxyl groups excluding tert-OH is 1. The number of imidazole rings is 1. The molecule has 1 heterocycles. The minimum atomic E-state index is -1.12. The van der Waals surface area contributed by atoms with Gasteiger partial charge in [-0.1, -0.05) is 41.5 Å². The number of carboxylic acid groups (broad SMARTS) is 1. The molecule has 0 aliphatic heterocycles. The van der Waals surface area contributed by atoms with Crippen LogP contribution in [0.1, 0.15) is 80.8 Å².